The Morgan fingerprint density at radius 3 is 2.40 bits per heavy atom. The van der Waals surface area contributed by atoms with Crippen molar-refractivity contribution in [3.8, 4) is 0 Å². The Morgan fingerprint density at radius 1 is 1.20 bits per heavy atom. The SMILES string of the molecule is CC(F)(CC1COCCN1)c1ccccc1C(F)(F)F. The van der Waals surface area contributed by atoms with Crippen LogP contribution in [0.4, 0.5) is 17.6 Å². The minimum absolute atomic E-state index is 0.0555. The van der Waals surface area contributed by atoms with Gasteiger partial charge in [-0.2, -0.15) is 13.2 Å². The zero-order valence-corrected chi connectivity index (χ0v) is 11.1. The number of halogens is 4. The third-order valence-electron chi connectivity index (χ3n) is 3.42. The Hall–Kier alpha value is -1.14. The summed E-state index contributed by atoms with van der Waals surface area (Å²) in [5.41, 5.74) is -3.30. The Labute approximate surface area is 115 Å². The topological polar surface area (TPSA) is 21.3 Å². The molecule has 2 unspecified atom stereocenters. The summed E-state index contributed by atoms with van der Waals surface area (Å²) in [5.74, 6) is 0. The fourth-order valence-corrected chi connectivity index (χ4v) is 2.51. The van der Waals surface area contributed by atoms with Gasteiger partial charge in [0.15, 0.2) is 0 Å². The summed E-state index contributed by atoms with van der Waals surface area (Å²) in [6, 6.07) is 4.53. The van der Waals surface area contributed by atoms with Crippen molar-refractivity contribution >= 4 is 0 Å². The molecule has 0 aliphatic carbocycles. The second kappa shape index (κ2) is 5.69. The van der Waals surface area contributed by atoms with E-state index in [0.717, 1.165) is 6.07 Å². The minimum Gasteiger partial charge on any atom is -0.379 e. The second-order valence-corrected chi connectivity index (χ2v) is 5.17. The minimum atomic E-state index is -4.56. The molecule has 0 aromatic heterocycles. The number of hydrogen-bond donors (Lipinski definition) is 1. The first kappa shape index (κ1) is 15.3. The molecular weight excluding hydrogens is 274 g/mol. The highest BCUT2D eigenvalue weighted by Gasteiger charge is 2.40. The van der Waals surface area contributed by atoms with Crippen molar-refractivity contribution in [3.63, 3.8) is 0 Å². The molecule has 1 saturated heterocycles. The van der Waals surface area contributed by atoms with Crippen LogP contribution in [0.2, 0.25) is 0 Å². The van der Waals surface area contributed by atoms with Gasteiger partial charge in [0.25, 0.3) is 0 Å². The van der Waals surface area contributed by atoms with Crippen molar-refractivity contribution in [3.05, 3.63) is 35.4 Å². The lowest BCUT2D eigenvalue weighted by Crippen LogP contribution is -2.44. The summed E-state index contributed by atoms with van der Waals surface area (Å²) in [6.45, 7) is 2.63. The van der Waals surface area contributed by atoms with E-state index < -0.39 is 17.4 Å². The molecule has 0 spiro atoms. The molecule has 1 aromatic rings. The average molecular weight is 291 g/mol. The number of hydrogen-bond acceptors (Lipinski definition) is 2. The maximum Gasteiger partial charge on any atom is 0.416 e. The Kier molecular flexibility index (Phi) is 4.34. The molecule has 0 radical (unpaired) electrons. The van der Waals surface area contributed by atoms with Crippen molar-refractivity contribution in [2.45, 2.75) is 31.2 Å². The molecule has 6 heteroatoms. The molecule has 2 nitrogen and oxygen atoms in total. The Morgan fingerprint density at radius 2 is 1.85 bits per heavy atom. The van der Waals surface area contributed by atoms with Gasteiger partial charge < -0.3 is 10.1 Å². The van der Waals surface area contributed by atoms with Crippen LogP contribution in [0.5, 0.6) is 0 Å². The second-order valence-electron chi connectivity index (χ2n) is 5.17. The fraction of sp³-hybridized carbons (Fsp3) is 0.571. The first-order chi connectivity index (χ1) is 9.31. The highest BCUT2D eigenvalue weighted by molar-refractivity contribution is 5.34. The van der Waals surface area contributed by atoms with E-state index in [-0.39, 0.29) is 18.0 Å². The van der Waals surface area contributed by atoms with Crippen LogP contribution in [0.25, 0.3) is 0 Å². The maximum atomic E-state index is 14.8. The summed E-state index contributed by atoms with van der Waals surface area (Å²) in [6.07, 6.45) is -4.61. The molecule has 0 bridgehead atoms. The molecule has 0 amide bonds. The predicted octanol–water partition coefficient (Wildman–Crippen LogP) is 3.27. The fourth-order valence-electron chi connectivity index (χ4n) is 2.51. The lowest BCUT2D eigenvalue weighted by molar-refractivity contribution is -0.139. The molecule has 2 atom stereocenters. The number of rotatable bonds is 3. The van der Waals surface area contributed by atoms with E-state index in [1.54, 1.807) is 0 Å². The van der Waals surface area contributed by atoms with Crippen molar-refractivity contribution < 1.29 is 22.3 Å². The molecular formula is C14H17F4NO. The van der Waals surface area contributed by atoms with Crippen LogP contribution in [0.1, 0.15) is 24.5 Å². The van der Waals surface area contributed by atoms with Crippen molar-refractivity contribution in [1.29, 1.82) is 0 Å². The van der Waals surface area contributed by atoms with Crippen LogP contribution < -0.4 is 5.32 Å². The Bertz CT molecular complexity index is 453. The third-order valence-corrected chi connectivity index (χ3v) is 3.42. The van der Waals surface area contributed by atoms with E-state index in [1.165, 1.54) is 25.1 Å². The number of alkyl halides is 4. The van der Waals surface area contributed by atoms with Gasteiger partial charge in [-0.1, -0.05) is 18.2 Å². The highest BCUT2D eigenvalue weighted by atomic mass is 19.4. The van der Waals surface area contributed by atoms with E-state index in [1.807, 2.05) is 0 Å². The highest BCUT2D eigenvalue weighted by Crippen LogP contribution is 2.40. The number of morpholine rings is 1. The number of benzene rings is 1. The average Bonchev–Trinajstić information content (AvgIpc) is 2.38. The van der Waals surface area contributed by atoms with Gasteiger partial charge in [0.05, 0.1) is 18.8 Å². The molecule has 20 heavy (non-hydrogen) atoms. The first-order valence-electron chi connectivity index (χ1n) is 6.47. The van der Waals surface area contributed by atoms with Gasteiger partial charge >= 0.3 is 6.18 Å². The van der Waals surface area contributed by atoms with Gasteiger partial charge in [-0.25, -0.2) is 4.39 Å². The summed E-state index contributed by atoms with van der Waals surface area (Å²) >= 11 is 0. The van der Waals surface area contributed by atoms with Gasteiger partial charge in [-0.05, 0) is 13.0 Å². The van der Waals surface area contributed by atoms with Crippen LogP contribution in [0, 0.1) is 0 Å². The number of nitrogens with one attached hydrogen (secondary N) is 1. The van der Waals surface area contributed by atoms with E-state index in [0.29, 0.717) is 19.8 Å². The maximum absolute atomic E-state index is 14.8. The van der Waals surface area contributed by atoms with Crippen molar-refractivity contribution in [2.24, 2.45) is 0 Å². The predicted molar refractivity (Wildman–Crippen MR) is 67.1 cm³/mol. The third kappa shape index (κ3) is 3.49. The zero-order valence-electron chi connectivity index (χ0n) is 11.1. The van der Waals surface area contributed by atoms with Gasteiger partial charge in [-0.3, -0.25) is 0 Å². The summed E-state index contributed by atoms with van der Waals surface area (Å²) in [7, 11) is 0. The quantitative estimate of drug-likeness (QED) is 0.863. The van der Waals surface area contributed by atoms with Crippen LogP contribution in [0.15, 0.2) is 24.3 Å². The Balaban J connectivity index is 2.24. The van der Waals surface area contributed by atoms with E-state index in [2.05, 4.69) is 5.32 Å². The van der Waals surface area contributed by atoms with E-state index in [4.69, 9.17) is 4.74 Å². The molecule has 1 fully saturated rings. The lowest BCUT2D eigenvalue weighted by Gasteiger charge is -2.31. The number of ether oxygens (including phenoxy) is 1. The summed E-state index contributed by atoms with van der Waals surface area (Å²) in [4.78, 5) is 0. The summed E-state index contributed by atoms with van der Waals surface area (Å²) in [5, 5.41) is 3.06. The van der Waals surface area contributed by atoms with Crippen LogP contribution in [-0.4, -0.2) is 25.8 Å². The van der Waals surface area contributed by atoms with Gasteiger partial charge in [0.2, 0.25) is 0 Å². The summed E-state index contributed by atoms with van der Waals surface area (Å²) < 4.78 is 58.9. The standard InChI is InChI=1S/C14H17F4NO/c1-13(15,8-10-9-20-7-6-19-10)11-4-2-3-5-12(11)14(16,17)18/h2-5,10,19H,6-9H2,1H3. The van der Waals surface area contributed by atoms with E-state index in [9.17, 15) is 17.6 Å². The molecule has 2 rings (SSSR count). The molecule has 1 aliphatic heterocycles. The van der Waals surface area contributed by atoms with Crippen molar-refractivity contribution in [2.75, 3.05) is 19.8 Å². The smallest absolute Gasteiger partial charge is 0.379 e. The van der Waals surface area contributed by atoms with Crippen LogP contribution >= 0.6 is 0 Å². The largest absolute Gasteiger partial charge is 0.416 e. The van der Waals surface area contributed by atoms with Gasteiger partial charge in [-0.15, -0.1) is 0 Å². The molecule has 1 heterocycles. The monoisotopic (exact) mass is 291 g/mol. The molecule has 1 aromatic carbocycles. The van der Waals surface area contributed by atoms with E-state index >= 15 is 0 Å². The van der Waals surface area contributed by atoms with Crippen LogP contribution in [0.3, 0.4) is 0 Å². The molecule has 0 saturated carbocycles. The normalized spacial score (nSPS) is 23.4. The van der Waals surface area contributed by atoms with Crippen molar-refractivity contribution in [1.82, 2.24) is 5.32 Å². The molecule has 1 N–H and O–H groups in total. The molecule has 1 aliphatic rings. The van der Waals surface area contributed by atoms with Crippen LogP contribution in [-0.2, 0) is 16.6 Å². The molecule has 112 valence electrons. The first-order valence-corrected chi connectivity index (χ1v) is 6.47. The van der Waals surface area contributed by atoms with Gasteiger partial charge in [0, 0.05) is 24.6 Å². The zero-order chi connectivity index (χ0) is 14.8. The lowest BCUT2D eigenvalue weighted by atomic mass is 9.87. The van der Waals surface area contributed by atoms with Gasteiger partial charge in [0.1, 0.15) is 5.67 Å².